The second-order valence-electron chi connectivity index (χ2n) is 9.17. The van der Waals surface area contributed by atoms with Crippen molar-refractivity contribution in [2.24, 2.45) is 22.5 Å². The lowest BCUT2D eigenvalue weighted by Gasteiger charge is -2.57. The molecule has 2 aliphatic rings. The topological polar surface area (TPSA) is 38.5 Å². The normalized spacial score (nSPS) is 29.4. The molecule has 0 amide bonds. The van der Waals surface area contributed by atoms with Gasteiger partial charge in [0.25, 0.3) is 0 Å². The summed E-state index contributed by atoms with van der Waals surface area (Å²) in [6.45, 7) is 13.8. The Morgan fingerprint density at radius 3 is 1.95 bits per heavy atom. The Kier molecular flexibility index (Phi) is 5.07. The highest BCUT2D eigenvalue weighted by atomic mass is 16.5. The minimum Gasteiger partial charge on any atom is -0.384 e. The van der Waals surface area contributed by atoms with Gasteiger partial charge < -0.3 is 10.5 Å². The van der Waals surface area contributed by atoms with Gasteiger partial charge in [0.15, 0.2) is 0 Å². The second-order valence-corrected chi connectivity index (χ2v) is 9.17. The van der Waals surface area contributed by atoms with Crippen molar-refractivity contribution in [2.45, 2.75) is 65.3 Å². The summed E-state index contributed by atoms with van der Waals surface area (Å²) >= 11 is 0. The van der Waals surface area contributed by atoms with Crippen LogP contribution in [0.1, 0.15) is 59.8 Å². The summed E-state index contributed by atoms with van der Waals surface area (Å²) in [5, 5.41) is 0. The van der Waals surface area contributed by atoms with E-state index in [2.05, 4.69) is 32.6 Å². The van der Waals surface area contributed by atoms with Gasteiger partial charge in [-0.1, -0.05) is 27.7 Å². The maximum Gasteiger partial charge on any atom is 0.0491 e. The van der Waals surface area contributed by atoms with E-state index < -0.39 is 0 Å². The van der Waals surface area contributed by atoms with Crippen LogP contribution in [0, 0.1) is 16.7 Å². The highest BCUT2D eigenvalue weighted by Gasteiger charge is 2.49. The number of nitrogens with two attached hydrogens (primary N) is 1. The molecule has 0 atom stereocenters. The van der Waals surface area contributed by atoms with Crippen LogP contribution < -0.4 is 5.73 Å². The largest absolute Gasteiger partial charge is 0.384 e. The molecule has 3 heteroatoms. The van der Waals surface area contributed by atoms with E-state index in [0.717, 1.165) is 19.1 Å². The Morgan fingerprint density at radius 1 is 1.00 bits per heavy atom. The second kappa shape index (κ2) is 6.17. The summed E-state index contributed by atoms with van der Waals surface area (Å²) < 4.78 is 5.34. The summed E-state index contributed by atoms with van der Waals surface area (Å²) in [6, 6.07) is 0. The van der Waals surface area contributed by atoms with Gasteiger partial charge >= 0.3 is 0 Å². The van der Waals surface area contributed by atoms with Crippen molar-refractivity contribution in [3.8, 4) is 0 Å². The smallest absolute Gasteiger partial charge is 0.0491 e. The Balaban J connectivity index is 2.11. The van der Waals surface area contributed by atoms with Crippen molar-refractivity contribution in [2.75, 3.05) is 33.4 Å². The molecular weight excluding hydrogens is 260 g/mol. The zero-order valence-electron chi connectivity index (χ0n) is 14.9. The van der Waals surface area contributed by atoms with Crippen LogP contribution in [0.15, 0.2) is 0 Å². The monoisotopic (exact) mass is 296 g/mol. The molecular formula is C18H36N2O. The number of likely N-dealkylation sites (tertiary alicyclic amines) is 1. The van der Waals surface area contributed by atoms with E-state index in [1.165, 1.54) is 45.2 Å². The molecule has 21 heavy (non-hydrogen) atoms. The third-order valence-electron chi connectivity index (χ3n) is 5.64. The van der Waals surface area contributed by atoms with Crippen LogP contribution >= 0.6 is 0 Å². The van der Waals surface area contributed by atoms with E-state index in [1.54, 1.807) is 0 Å². The standard InChI is InChI=1S/C18H36N2O/c1-16(2)11-17(3,4)13-18(12-16,14-19)20-8-6-15(7-9-20)10-21-5/h15H,6-14,19H2,1-5H3. The van der Waals surface area contributed by atoms with E-state index in [9.17, 15) is 0 Å². The van der Waals surface area contributed by atoms with E-state index in [4.69, 9.17) is 10.5 Å². The lowest BCUT2D eigenvalue weighted by Crippen LogP contribution is -2.62. The average Bonchev–Trinajstić information content (AvgIpc) is 2.36. The molecule has 3 nitrogen and oxygen atoms in total. The van der Waals surface area contributed by atoms with Crippen molar-refractivity contribution in [1.82, 2.24) is 4.90 Å². The van der Waals surface area contributed by atoms with E-state index in [1.807, 2.05) is 7.11 Å². The minimum atomic E-state index is 0.212. The van der Waals surface area contributed by atoms with E-state index >= 15 is 0 Å². The Labute approximate surface area is 131 Å². The molecule has 2 N–H and O–H groups in total. The molecule has 2 fully saturated rings. The number of hydrogen-bond acceptors (Lipinski definition) is 3. The quantitative estimate of drug-likeness (QED) is 0.865. The molecule has 1 saturated carbocycles. The van der Waals surface area contributed by atoms with Crippen LogP contribution in [-0.2, 0) is 4.74 Å². The average molecular weight is 296 g/mol. The first-order chi connectivity index (χ1) is 9.72. The summed E-state index contributed by atoms with van der Waals surface area (Å²) in [6.07, 6.45) is 6.32. The molecule has 0 aromatic rings. The van der Waals surface area contributed by atoms with Crippen molar-refractivity contribution < 1.29 is 4.74 Å². The van der Waals surface area contributed by atoms with Crippen LogP contribution in [0.5, 0.6) is 0 Å². The van der Waals surface area contributed by atoms with Crippen LogP contribution in [0.4, 0.5) is 0 Å². The first-order valence-electron chi connectivity index (χ1n) is 8.66. The Morgan fingerprint density at radius 2 is 1.52 bits per heavy atom. The minimum absolute atomic E-state index is 0.212. The molecule has 0 radical (unpaired) electrons. The maximum absolute atomic E-state index is 6.34. The van der Waals surface area contributed by atoms with Gasteiger partial charge in [0.05, 0.1) is 0 Å². The Hall–Kier alpha value is -0.120. The van der Waals surface area contributed by atoms with E-state index in [-0.39, 0.29) is 5.54 Å². The molecule has 1 aliphatic heterocycles. The molecule has 0 unspecified atom stereocenters. The van der Waals surface area contributed by atoms with Gasteiger partial charge in [0, 0.05) is 25.8 Å². The Bertz CT molecular complexity index is 327. The molecule has 0 aromatic heterocycles. The lowest BCUT2D eigenvalue weighted by atomic mass is 9.57. The summed E-state index contributed by atoms with van der Waals surface area (Å²) in [4.78, 5) is 2.72. The van der Waals surface area contributed by atoms with Gasteiger partial charge in [-0.15, -0.1) is 0 Å². The van der Waals surface area contributed by atoms with Gasteiger partial charge in [-0.3, -0.25) is 4.90 Å². The molecule has 1 aliphatic carbocycles. The van der Waals surface area contributed by atoms with E-state index in [0.29, 0.717) is 10.8 Å². The highest BCUT2D eigenvalue weighted by Crippen LogP contribution is 2.52. The van der Waals surface area contributed by atoms with Gasteiger partial charge in [0.2, 0.25) is 0 Å². The predicted octanol–water partition coefficient (Wildman–Crippen LogP) is 3.28. The number of methoxy groups -OCH3 is 1. The molecule has 0 bridgehead atoms. The van der Waals surface area contributed by atoms with Crippen molar-refractivity contribution in [3.63, 3.8) is 0 Å². The predicted molar refractivity (Wildman–Crippen MR) is 89.4 cm³/mol. The number of hydrogen-bond donors (Lipinski definition) is 1. The summed E-state index contributed by atoms with van der Waals surface area (Å²) in [5.41, 5.74) is 7.34. The first-order valence-corrected chi connectivity index (χ1v) is 8.66. The fraction of sp³-hybridized carbons (Fsp3) is 1.00. The first kappa shape index (κ1) is 17.2. The molecule has 124 valence electrons. The number of rotatable bonds is 4. The number of piperidine rings is 1. The fourth-order valence-electron chi connectivity index (χ4n) is 5.57. The van der Waals surface area contributed by atoms with Crippen LogP contribution in [0.2, 0.25) is 0 Å². The van der Waals surface area contributed by atoms with Crippen LogP contribution in [0.25, 0.3) is 0 Å². The summed E-state index contributed by atoms with van der Waals surface area (Å²) in [5.74, 6) is 0.741. The van der Waals surface area contributed by atoms with Crippen molar-refractivity contribution in [1.29, 1.82) is 0 Å². The number of ether oxygens (including phenoxy) is 1. The zero-order chi connectivity index (χ0) is 15.7. The SMILES string of the molecule is COCC1CCN(C2(CN)CC(C)(C)CC(C)(C)C2)CC1. The van der Waals surface area contributed by atoms with Crippen LogP contribution in [0.3, 0.4) is 0 Å². The van der Waals surface area contributed by atoms with Crippen LogP contribution in [-0.4, -0.2) is 43.8 Å². The maximum atomic E-state index is 6.34. The van der Waals surface area contributed by atoms with Gasteiger partial charge in [-0.25, -0.2) is 0 Å². The lowest BCUT2D eigenvalue weighted by molar-refractivity contribution is -0.0598. The highest BCUT2D eigenvalue weighted by molar-refractivity contribution is 5.05. The zero-order valence-corrected chi connectivity index (χ0v) is 14.9. The van der Waals surface area contributed by atoms with Crippen molar-refractivity contribution >= 4 is 0 Å². The molecule has 0 spiro atoms. The summed E-state index contributed by atoms with van der Waals surface area (Å²) in [7, 11) is 1.82. The number of nitrogens with zero attached hydrogens (tertiary/aromatic N) is 1. The van der Waals surface area contributed by atoms with Crippen molar-refractivity contribution in [3.05, 3.63) is 0 Å². The van der Waals surface area contributed by atoms with Gasteiger partial charge in [0.1, 0.15) is 0 Å². The van der Waals surface area contributed by atoms with Gasteiger partial charge in [-0.05, 0) is 61.9 Å². The molecule has 1 saturated heterocycles. The van der Waals surface area contributed by atoms with Gasteiger partial charge in [-0.2, -0.15) is 0 Å². The molecule has 2 rings (SSSR count). The fourth-order valence-corrected chi connectivity index (χ4v) is 5.57. The third-order valence-corrected chi connectivity index (χ3v) is 5.64. The third kappa shape index (κ3) is 4.00. The molecule has 0 aromatic carbocycles. The molecule has 1 heterocycles.